The minimum atomic E-state index is -4.05. The van der Waals surface area contributed by atoms with Gasteiger partial charge >= 0.3 is 0 Å². The number of aromatic nitrogens is 3. The molecule has 1 aliphatic heterocycles. The summed E-state index contributed by atoms with van der Waals surface area (Å²) in [6.07, 6.45) is 5.06. The Morgan fingerprint density at radius 3 is 2.62 bits per heavy atom. The Morgan fingerprint density at radius 1 is 1.02 bits per heavy atom. The van der Waals surface area contributed by atoms with Crippen molar-refractivity contribution in [2.45, 2.75) is 24.6 Å². The second-order valence-electron chi connectivity index (χ2n) is 9.14. The van der Waals surface area contributed by atoms with Crippen LogP contribution in [0.1, 0.15) is 18.4 Å². The normalized spacial score (nSPS) is 15.4. The lowest BCUT2D eigenvalue weighted by Gasteiger charge is -2.23. The summed E-state index contributed by atoms with van der Waals surface area (Å²) in [5, 5.41) is 7.07. The smallest absolute Gasteiger partial charge is 0.237 e. The zero-order valence-corrected chi connectivity index (χ0v) is 22.6. The van der Waals surface area contributed by atoms with Gasteiger partial charge in [0.25, 0.3) is 0 Å². The average Bonchev–Trinajstić information content (AvgIpc) is 2.95. The van der Waals surface area contributed by atoms with Crippen molar-refractivity contribution in [2.24, 2.45) is 0 Å². The molecule has 0 spiro atoms. The Kier molecular flexibility index (Phi) is 8.38. The van der Waals surface area contributed by atoms with Crippen molar-refractivity contribution in [3.8, 4) is 22.9 Å². The number of anilines is 2. The zero-order chi connectivity index (χ0) is 28.1. The van der Waals surface area contributed by atoms with Crippen LogP contribution in [0.15, 0.2) is 67.0 Å². The van der Waals surface area contributed by atoms with Crippen molar-refractivity contribution < 1.29 is 21.9 Å². The highest BCUT2D eigenvalue weighted by molar-refractivity contribution is 7.91. The first-order valence-electron chi connectivity index (χ1n) is 12.4. The van der Waals surface area contributed by atoms with Gasteiger partial charge in [-0.15, -0.1) is 0 Å². The topological polar surface area (TPSA) is 118 Å². The number of hydrogen-bond donors (Lipinski definition) is 3. The maximum atomic E-state index is 15.0. The van der Waals surface area contributed by atoms with E-state index in [9.17, 15) is 12.8 Å². The predicted octanol–water partition coefficient (Wildman–Crippen LogP) is 5.37. The molecule has 13 heteroatoms. The van der Waals surface area contributed by atoms with E-state index < -0.39 is 38.8 Å². The Balaban J connectivity index is 1.34. The van der Waals surface area contributed by atoms with E-state index in [-0.39, 0.29) is 11.9 Å². The first-order valence-corrected chi connectivity index (χ1v) is 14.5. The number of nitrogens with one attached hydrogen (secondary N) is 3. The van der Waals surface area contributed by atoms with Crippen LogP contribution in [0.2, 0.25) is 5.02 Å². The fourth-order valence-electron chi connectivity index (χ4n) is 4.20. The number of ether oxygens (including phenoxy) is 1. The van der Waals surface area contributed by atoms with Crippen molar-refractivity contribution in [3.05, 3.63) is 89.2 Å². The van der Waals surface area contributed by atoms with Gasteiger partial charge in [0, 0.05) is 30.0 Å². The fourth-order valence-corrected chi connectivity index (χ4v) is 5.52. The van der Waals surface area contributed by atoms with Crippen molar-refractivity contribution in [3.63, 3.8) is 0 Å². The molecule has 1 atom stereocenters. The molecule has 4 aromatic rings. The molecule has 0 amide bonds. The van der Waals surface area contributed by atoms with Gasteiger partial charge in [-0.2, -0.15) is 4.39 Å². The molecule has 5 rings (SSSR count). The van der Waals surface area contributed by atoms with Crippen LogP contribution >= 0.6 is 11.6 Å². The van der Waals surface area contributed by atoms with Crippen molar-refractivity contribution in [1.29, 1.82) is 0 Å². The van der Waals surface area contributed by atoms with Gasteiger partial charge in [0.1, 0.15) is 0 Å². The molecule has 1 aliphatic rings. The molecule has 0 unspecified atom stereocenters. The third-order valence-electron chi connectivity index (χ3n) is 6.12. The van der Waals surface area contributed by atoms with Gasteiger partial charge in [-0.25, -0.2) is 27.8 Å². The van der Waals surface area contributed by atoms with E-state index in [1.54, 1.807) is 24.4 Å². The van der Waals surface area contributed by atoms with Crippen LogP contribution in [0.3, 0.4) is 0 Å². The summed E-state index contributed by atoms with van der Waals surface area (Å²) in [5.74, 6) is -3.30. The van der Waals surface area contributed by atoms with Gasteiger partial charge in [0.15, 0.2) is 11.6 Å². The van der Waals surface area contributed by atoms with Crippen molar-refractivity contribution in [1.82, 2.24) is 20.3 Å². The number of hydrogen-bond acceptors (Lipinski definition) is 8. The van der Waals surface area contributed by atoms with Gasteiger partial charge in [-0.1, -0.05) is 23.7 Å². The van der Waals surface area contributed by atoms with Gasteiger partial charge in [0.2, 0.25) is 27.7 Å². The second-order valence-corrected chi connectivity index (χ2v) is 11.3. The van der Waals surface area contributed by atoms with Crippen LogP contribution < -0.4 is 20.1 Å². The Morgan fingerprint density at radius 2 is 1.85 bits per heavy atom. The summed E-state index contributed by atoms with van der Waals surface area (Å²) in [6.45, 7) is 1.77. The Hall–Kier alpha value is -3.87. The molecule has 1 saturated heterocycles. The Bertz CT molecular complexity index is 1600. The van der Waals surface area contributed by atoms with Gasteiger partial charge in [-0.05, 0) is 67.4 Å². The highest BCUT2D eigenvalue weighted by Crippen LogP contribution is 2.34. The quantitative estimate of drug-likeness (QED) is 0.240. The van der Waals surface area contributed by atoms with E-state index in [0.717, 1.165) is 38.1 Å². The molecule has 40 heavy (non-hydrogen) atoms. The molecule has 3 N–H and O–H groups in total. The van der Waals surface area contributed by atoms with Crippen LogP contribution in [0.5, 0.6) is 11.6 Å². The summed E-state index contributed by atoms with van der Waals surface area (Å²) < 4.78 is 62.8. The lowest BCUT2D eigenvalue weighted by Crippen LogP contribution is -2.38. The maximum absolute atomic E-state index is 15.0. The van der Waals surface area contributed by atoms with E-state index in [1.165, 1.54) is 30.5 Å². The molecule has 2 aromatic heterocycles. The molecule has 9 nitrogen and oxygen atoms in total. The molecule has 0 bridgehead atoms. The summed E-state index contributed by atoms with van der Waals surface area (Å²) in [6, 6.07) is 13.5. The minimum absolute atomic E-state index is 0.0131. The molecule has 2 aromatic carbocycles. The van der Waals surface area contributed by atoms with E-state index in [2.05, 4.69) is 30.3 Å². The molecule has 0 saturated carbocycles. The molecule has 208 valence electrons. The maximum Gasteiger partial charge on any atom is 0.237 e. The monoisotopic (exact) mass is 586 g/mol. The zero-order valence-electron chi connectivity index (χ0n) is 21.1. The van der Waals surface area contributed by atoms with E-state index >= 15 is 4.39 Å². The molecular weight excluding hydrogens is 562 g/mol. The number of sulfonamides is 1. The van der Waals surface area contributed by atoms with Crippen LogP contribution in [0, 0.1) is 11.6 Å². The number of pyridine rings is 1. The number of piperidine rings is 1. The summed E-state index contributed by atoms with van der Waals surface area (Å²) in [4.78, 5) is 13.0. The molecule has 0 aliphatic carbocycles. The largest absolute Gasteiger partial charge is 0.435 e. The van der Waals surface area contributed by atoms with Gasteiger partial charge in [-0.3, -0.25) is 4.72 Å². The van der Waals surface area contributed by atoms with Gasteiger partial charge < -0.3 is 15.4 Å². The molecular formula is C27H25ClF2N6O3S. The first-order chi connectivity index (χ1) is 19.3. The SMILES string of the molecule is O=S(=O)(Cc1ccc(Cl)cc1)Nc1ccc(Oc2ncccc2-c2ccnc(N[C@H]3CCCNC3)n2)c(F)c1F. The highest BCUT2D eigenvalue weighted by atomic mass is 35.5. The Labute approximate surface area is 235 Å². The van der Waals surface area contributed by atoms with E-state index in [0.29, 0.717) is 27.8 Å². The number of nitrogens with zero attached hydrogens (tertiary/aromatic N) is 3. The second kappa shape index (κ2) is 12.1. The lowest BCUT2D eigenvalue weighted by molar-refractivity contribution is 0.407. The average molecular weight is 587 g/mol. The van der Waals surface area contributed by atoms with E-state index in [1.807, 2.05) is 0 Å². The number of benzene rings is 2. The van der Waals surface area contributed by atoms with Gasteiger partial charge in [0.05, 0.1) is 22.7 Å². The number of rotatable bonds is 9. The molecule has 0 radical (unpaired) electrons. The van der Waals surface area contributed by atoms with Crippen molar-refractivity contribution >= 4 is 33.3 Å². The third-order valence-corrected chi connectivity index (χ3v) is 7.62. The third kappa shape index (κ3) is 6.82. The summed E-state index contributed by atoms with van der Waals surface area (Å²) in [7, 11) is -4.05. The standard InChI is InChI=1S/C27H25ClF2N6O3S/c28-18-7-5-17(6-8-18)16-40(37,38)36-22-9-10-23(25(30)24(22)29)39-26-20(4-2-13-32-26)21-11-14-33-27(35-21)34-19-3-1-12-31-15-19/h2,4-11,13-14,19,31,36H,1,3,12,15-16H2,(H,33,34,35)/t19-/m0/s1. The predicted molar refractivity (Wildman–Crippen MR) is 149 cm³/mol. The highest BCUT2D eigenvalue weighted by Gasteiger charge is 2.22. The molecule has 1 fully saturated rings. The molecule has 3 heterocycles. The van der Waals surface area contributed by atoms with Crippen molar-refractivity contribution in [2.75, 3.05) is 23.1 Å². The summed E-state index contributed by atoms with van der Waals surface area (Å²) >= 11 is 5.83. The first kappa shape index (κ1) is 27.7. The fraction of sp³-hybridized carbons (Fsp3) is 0.222. The van der Waals surface area contributed by atoms with Crippen LogP contribution in [-0.4, -0.2) is 42.5 Å². The van der Waals surface area contributed by atoms with Crippen LogP contribution in [-0.2, 0) is 15.8 Å². The van der Waals surface area contributed by atoms with E-state index in [4.69, 9.17) is 16.3 Å². The van der Waals surface area contributed by atoms with Crippen LogP contribution in [0.25, 0.3) is 11.3 Å². The van der Waals surface area contributed by atoms with Crippen LogP contribution in [0.4, 0.5) is 20.4 Å². The number of halogens is 3. The summed E-state index contributed by atoms with van der Waals surface area (Å²) in [5.41, 5.74) is 0.779. The minimum Gasteiger partial charge on any atom is -0.435 e. The lowest BCUT2D eigenvalue weighted by atomic mass is 10.1.